The summed E-state index contributed by atoms with van der Waals surface area (Å²) in [5, 5.41) is 3.64. The molecule has 0 amide bonds. The van der Waals surface area contributed by atoms with Crippen molar-refractivity contribution in [3.63, 3.8) is 0 Å². The normalized spacial score (nSPS) is 19.3. The molecule has 0 radical (unpaired) electrons. The predicted octanol–water partition coefficient (Wildman–Crippen LogP) is 1.19. The summed E-state index contributed by atoms with van der Waals surface area (Å²) >= 11 is 0. The van der Waals surface area contributed by atoms with Crippen LogP contribution in [0.4, 0.5) is 0 Å². The van der Waals surface area contributed by atoms with E-state index in [0.29, 0.717) is 6.04 Å². The van der Waals surface area contributed by atoms with Crippen LogP contribution in [0.1, 0.15) is 11.1 Å². The molecule has 1 aliphatic heterocycles. The Morgan fingerprint density at radius 1 is 1.11 bits per heavy atom. The molecular formula is C15H25N3. The van der Waals surface area contributed by atoms with Gasteiger partial charge in [0.1, 0.15) is 0 Å². The second-order valence-electron chi connectivity index (χ2n) is 5.62. The molecule has 1 aliphatic rings. The summed E-state index contributed by atoms with van der Waals surface area (Å²) in [5.41, 5.74) is 2.98. The van der Waals surface area contributed by atoms with Crippen molar-refractivity contribution in [1.82, 2.24) is 15.1 Å². The Balaban J connectivity index is 1.82. The van der Waals surface area contributed by atoms with Crippen LogP contribution in [0, 0.1) is 0 Å². The van der Waals surface area contributed by atoms with Crippen molar-refractivity contribution >= 4 is 0 Å². The van der Waals surface area contributed by atoms with Crippen molar-refractivity contribution in [1.29, 1.82) is 0 Å². The van der Waals surface area contributed by atoms with Crippen LogP contribution in [0.5, 0.6) is 0 Å². The topological polar surface area (TPSA) is 18.5 Å². The van der Waals surface area contributed by atoms with Gasteiger partial charge in [0.05, 0.1) is 0 Å². The highest BCUT2D eigenvalue weighted by atomic mass is 15.2. The lowest BCUT2D eigenvalue weighted by Gasteiger charge is -2.30. The zero-order valence-electron chi connectivity index (χ0n) is 11.8. The zero-order chi connectivity index (χ0) is 13.0. The molecule has 1 aromatic rings. The molecule has 1 heterocycles. The van der Waals surface area contributed by atoms with E-state index in [2.05, 4.69) is 60.5 Å². The lowest BCUT2D eigenvalue weighted by Crippen LogP contribution is -2.44. The number of hydrogen-bond donors (Lipinski definition) is 1. The smallest absolute Gasteiger partial charge is 0.0238 e. The Kier molecular flexibility index (Phi) is 4.75. The quantitative estimate of drug-likeness (QED) is 0.843. The summed E-state index contributed by atoms with van der Waals surface area (Å²) in [6, 6.07) is 9.37. The number of nitrogens with zero attached hydrogens (tertiary/aromatic N) is 2. The van der Waals surface area contributed by atoms with E-state index < -0.39 is 0 Å². The Morgan fingerprint density at radius 2 is 1.83 bits per heavy atom. The summed E-state index contributed by atoms with van der Waals surface area (Å²) in [7, 11) is 6.47. The van der Waals surface area contributed by atoms with Crippen molar-refractivity contribution in [3.05, 3.63) is 35.4 Å². The zero-order valence-corrected chi connectivity index (χ0v) is 11.8. The van der Waals surface area contributed by atoms with Gasteiger partial charge in [0, 0.05) is 32.2 Å². The highest BCUT2D eigenvalue weighted by molar-refractivity contribution is 5.29. The summed E-state index contributed by atoms with van der Waals surface area (Å²) in [6.07, 6.45) is 1.16. The minimum Gasteiger partial charge on any atom is -0.308 e. The first-order valence-corrected chi connectivity index (χ1v) is 6.78. The molecule has 0 bridgehead atoms. The maximum atomic E-state index is 3.64. The molecule has 0 aromatic heterocycles. The van der Waals surface area contributed by atoms with Crippen LogP contribution in [0.25, 0.3) is 0 Å². The van der Waals surface area contributed by atoms with Crippen molar-refractivity contribution in [2.75, 3.05) is 40.8 Å². The predicted molar refractivity (Wildman–Crippen MR) is 76.8 cm³/mol. The fraction of sp³-hybridized carbons (Fsp3) is 0.600. The molecule has 0 fully saturated rings. The minimum atomic E-state index is 0.590. The average molecular weight is 247 g/mol. The molecular weight excluding hydrogens is 222 g/mol. The fourth-order valence-corrected chi connectivity index (χ4v) is 2.49. The molecule has 100 valence electrons. The first-order chi connectivity index (χ1) is 8.65. The summed E-state index contributed by atoms with van der Waals surface area (Å²) in [6.45, 7) is 4.40. The number of rotatable bonds is 5. The summed E-state index contributed by atoms with van der Waals surface area (Å²) in [5.74, 6) is 0. The standard InChI is InChI=1S/C15H25N3/c1-17(2)8-9-18(3)12-15-10-13-6-4-5-7-14(13)11-16-15/h4-7,15-16H,8-12H2,1-3H3. The van der Waals surface area contributed by atoms with Gasteiger partial charge in [0.2, 0.25) is 0 Å². The third-order valence-electron chi connectivity index (χ3n) is 3.63. The number of hydrogen-bond acceptors (Lipinski definition) is 3. The first-order valence-electron chi connectivity index (χ1n) is 6.78. The van der Waals surface area contributed by atoms with E-state index in [4.69, 9.17) is 0 Å². The molecule has 0 aliphatic carbocycles. The first kappa shape index (κ1) is 13.5. The molecule has 0 saturated carbocycles. The van der Waals surface area contributed by atoms with Crippen LogP contribution in [-0.4, -0.2) is 56.6 Å². The maximum Gasteiger partial charge on any atom is 0.0238 e. The van der Waals surface area contributed by atoms with Gasteiger partial charge in [-0.05, 0) is 38.7 Å². The average Bonchev–Trinajstić information content (AvgIpc) is 2.36. The van der Waals surface area contributed by atoms with Gasteiger partial charge in [-0.2, -0.15) is 0 Å². The number of benzene rings is 1. The molecule has 1 unspecified atom stereocenters. The highest BCUT2D eigenvalue weighted by Gasteiger charge is 2.18. The Bertz CT molecular complexity index is 376. The monoisotopic (exact) mass is 247 g/mol. The van der Waals surface area contributed by atoms with E-state index in [0.717, 1.165) is 32.6 Å². The fourth-order valence-electron chi connectivity index (χ4n) is 2.49. The van der Waals surface area contributed by atoms with Crippen LogP contribution < -0.4 is 5.32 Å². The summed E-state index contributed by atoms with van der Waals surface area (Å²) < 4.78 is 0. The lowest BCUT2D eigenvalue weighted by molar-refractivity contribution is 0.250. The SMILES string of the molecule is CN(C)CCN(C)CC1Cc2ccccc2CN1. The van der Waals surface area contributed by atoms with E-state index in [1.807, 2.05) is 0 Å². The molecule has 3 nitrogen and oxygen atoms in total. The number of nitrogens with one attached hydrogen (secondary N) is 1. The second-order valence-corrected chi connectivity index (χ2v) is 5.62. The summed E-state index contributed by atoms with van der Waals surface area (Å²) in [4.78, 5) is 4.66. The van der Waals surface area contributed by atoms with Gasteiger partial charge in [0.25, 0.3) is 0 Å². The Morgan fingerprint density at radius 3 is 2.56 bits per heavy atom. The molecule has 18 heavy (non-hydrogen) atoms. The number of fused-ring (bicyclic) bond motifs is 1. The van der Waals surface area contributed by atoms with Crippen LogP contribution >= 0.6 is 0 Å². The van der Waals surface area contributed by atoms with Gasteiger partial charge in [0.15, 0.2) is 0 Å². The van der Waals surface area contributed by atoms with Crippen molar-refractivity contribution in [2.24, 2.45) is 0 Å². The maximum absolute atomic E-state index is 3.64. The van der Waals surface area contributed by atoms with Crippen LogP contribution in [0.15, 0.2) is 24.3 Å². The Labute approximate surface area is 111 Å². The van der Waals surface area contributed by atoms with Gasteiger partial charge in [-0.3, -0.25) is 0 Å². The van der Waals surface area contributed by atoms with E-state index >= 15 is 0 Å². The van der Waals surface area contributed by atoms with Gasteiger partial charge >= 0.3 is 0 Å². The van der Waals surface area contributed by atoms with Crippen molar-refractivity contribution in [2.45, 2.75) is 19.0 Å². The molecule has 1 aromatic carbocycles. The molecule has 0 saturated heterocycles. The molecule has 2 rings (SSSR count). The van der Waals surface area contributed by atoms with Gasteiger partial charge in [-0.15, -0.1) is 0 Å². The molecule has 0 spiro atoms. The van der Waals surface area contributed by atoms with E-state index in [1.54, 1.807) is 0 Å². The largest absolute Gasteiger partial charge is 0.308 e. The van der Waals surface area contributed by atoms with Gasteiger partial charge in [-0.1, -0.05) is 24.3 Å². The van der Waals surface area contributed by atoms with E-state index in [1.165, 1.54) is 11.1 Å². The second kappa shape index (κ2) is 6.32. The Hall–Kier alpha value is -0.900. The van der Waals surface area contributed by atoms with E-state index in [9.17, 15) is 0 Å². The molecule has 1 atom stereocenters. The van der Waals surface area contributed by atoms with Gasteiger partial charge < -0.3 is 15.1 Å². The number of likely N-dealkylation sites (N-methyl/N-ethyl adjacent to an activating group) is 2. The van der Waals surface area contributed by atoms with Crippen LogP contribution in [0.3, 0.4) is 0 Å². The highest BCUT2D eigenvalue weighted by Crippen LogP contribution is 2.16. The van der Waals surface area contributed by atoms with Gasteiger partial charge in [-0.25, -0.2) is 0 Å². The lowest BCUT2D eigenvalue weighted by atomic mass is 9.96. The molecule has 1 N–H and O–H groups in total. The van der Waals surface area contributed by atoms with Crippen LogP contribution in [-0.2, 0) is 13.0 Å². The van der Waals surface area contributed by atoms with Crippen LogP contribution in [0.2, 0.25) is 0 Å². The van der Waals surface area contributed by atoms with Crippen molar-refractivity contribution in [3.8, 4) is 0 Å². The minimum absolute atomic E-state index is 0.590. The van der Waals surface area contributed by atoms with Crippen molar-refractivity contribution < 1.29 is 0 Å². The third kappa shape index (κ3) is 3.80. The third-order valence-corrected chi connectivity index (χ3v) is 3.63. The molecule has 3 heteroatoms. The van der Waals surface area contributed by atoms with E-state index in [-0.39, 0.29) is 0 Å².